The SMILES string of the molecule is COc1cc(OC)cc(-c2nc3n(n2)C(c2ccc(Cl)cc2)C2=C(CC(C)(C)CC2=O)N3)c1. The Bertz CT molecular complexity index is 1260. The predicted molar refractivity (Wildman–Crippen MR) is 127 cm³/mol. The van der Waals surface area contributed by atoms with E-state index in [4.69, 9.17) is 31.2 Å². The first-order chi connectivity index (χ1) is 15.8. The fourth-order valence-electron chi connectivity index (χ4n) is 4.62. The molecule has 5 rings (SSSR count). The average Bonchev–Trinajstić information content (AvgIpc) is 3.21. The van der Waals surface area contributed by atoms with Gasteiger partial charge in [-0.15, -0.1) is 5.10 Å². The number of hydrogen-bond acceptors (Lipinski definition) is 6. The number of nitrogens with zero attached hydrogens (tertiary/aromatic N) is 3. The van der Waals surface area contributed by atoms with Gasteiger partial charge in [0.05, 0.1) is 14.2 Å². The fourth-order valence-corrected chi connectivity index (χ4v) is 4.75. The Morgan fingerprint density at radius 1 is 1.06 bits per heavy atom. The van der Waals surface area contributed by atoms with Gasteiger partial charge in [0.1, 0.15) is 17.5 Å². The first kappa shape index (κ1) is 21.5. The van der Waals surface area contributed by atoms with Gasteiger partial charge in [-0.05, 0) is 41.7 Å². The van der Waals surface area contributed by atoms with Crippen LogP contribution >= 0.6 is 11.6 Å². The summed E-state index contributed by atoms with van der Waals surface area (Å²) in [4.78, 5) is 18.1. The molecule has 2 aromatic carbocycles. The molecule has 33 heavy (non-hydrogen) atoms. The van der Waals surface area contributed by atoms with Gasteiger partial charge in [-0.25, -0.2) is 4.68 Å². The number of carbonyl (C=O) groups excluding carboxylic acids is 1. The summed E-state index contributed by atoms with van der Waals surface area (Å²) >= 11 is 6.15. The van der Waals surface area contributed by atoms with Gasteiger partial charge in [-0.3, -0.25) is 4.79 Å². The normalized spacial score (nSPS) is 18.9. The van der Waals surface area contributed by atoms with E-state index in [-0.39, 0.29) is 17.2 Å². The fraction of sp³-hybridized carbons (Fsp3) is 0.320. The summed E-state index contributed by atoms with van der Waals surface area (Å²) in [5, 5.41) is 8.87. The third kappa shape index (κ3) is 3.86. The van der Waals surface area contributed by atoms with Crippen molar-refractivity contribution in [1.29, 1.82) is 0 Å². The van der Waals surface area contributed by atoms with E-state index in [1.54, 1.807) is 25.0 Å². The van der Waals surface area contributed by atoms with Gasteiger partial charge >= 0.3 is 0 Å². The molecule has 0 fully saturated rings. The van der Waals surface area contributed by atoms with Crippen LogP contribution in [0, 0.1) is 5.41 Å². The van der Waals surface area contributed by atoms with Crippen molar-refractivity contribution in [3.8, 4) is 22.9 Å². The monoisotopic (exact) mass is 464 g/mol. The summed E-state index contributed by atoms with van der Waals surface area (Å²) in [6.07, 6.45) is 1.24. The molecule has 3 aromatic rings. The molecular weight excluding hydrogens is 440 g/mol. The second-order valence-electron chi connectivity index (χ2n) is 9.22. The Morgan fingerprint density at radius 2 is 1.73 bits per heavy atom. The lowest BCUT2D eigenvalue weighted by atomic mass is 9.73. The van der Waals surface area contributed by atoms with Crippen LogP contribution < -0.4 is 14.8 Å². The van der Waals surface area contributed by atoms with Crippen molar-refractivity contribution in [2.24, 2.45) is 5.41 Å². The van der Waals surface area contributed by atoms with E-state index in [1.165, 1.54) is 0 Å². The Morgan fingerprint density at radius 3 is 2.36 bits per heavy atom. The van der Waals surface area contributed by atoms with Gasteiger partial charge in [0.15, 0.2) is 11.6 Å². The molecule has 0 spiro atoms. The quantitative estimate of drug-likeness (QED) is 0.566. The van der Waals surface area contributed by atoms with Gasteiger partial charge in [0, 0.05) is 34.3 Å². The van der Waals surface area contributed by atoms with Crippen LogP contribution in [0.4, 0.5) is 5.95 Å². The number of allylic oxidation sites excluding steroid dienone is 2. The largest absolute Gasteiger partial charge is 0.497 e. The van der Waals surface area contributed by atoms with E-state index in [1.807, 2.05) is 36.4 Å². The number of Topliss-reactive ketones (excluding diaryl/α,β-unsaturated/α-hetero) is 1. The Hall–Kier alpha value is -3.32. The molecule has 1 atom stereocenters. The minimum Gasteiger partial charge on any atom is -0.497 e. The lowest BCUT2D eigenvalue weighted by molar-refractivity contribution is -0.118. The molecule has 0 bridgehead atoms. The van der Waals surface area contributed by atoms with Crippen molar-refractivity contribution < 1.29 is 14.3 Å². The van der Waals surface area contributed by atoms with Gasteiger partial charge in [0.25, 0.3) is 0 Å². The van der Waals surface area contributed by atoms with Crippen LogP contribution in [0.1, 0.15) is 38.3 Å². The van der Waals surface area contributed by atoms with Gasteiger partial charge < -0.3 is 14.8 Å². The summed E-state index contributed by atoms with van der Waals surface area (Å²) in [5.41, 5.74) is 3.21. The predicted octanol–water partition coefficient (Wildman–Crippen LogP) is 5.27. The van der Waals surface area contributed by atoms with Gasteiger partial charge in [-0.1, -0.05) is 37.6 Å². The lowest BCUT2D eigenvalue weighted by Crippen LogP contribution is -2.36. The molecule has 8 heteroatoms. The molecule has 1 aliphatic carbocycles. The van der Waals surface area contributed by atoms with Crippen LogP contribution in [0.2, 0.25) is 5.02 Å². The maximum Gasteiger partial charge on any atom is 0.226 e. The number of ketones is 1. The molecule has 170 valence electrons. The summed E-state index contributed by atoms with van der Waals surface area (Å²) < 4.78 is 12.6. The average molecular weight is 465 g/mol. The van der Waals surface area contributed by atoms with Crippen molar-refractivity contribution in [2.75, 3.05) is 19.5 Å². The zero-order valence-electron chi connectivity index (χ0n) is 19.0. The standard InChI is InChI=1S/C25H25ClN4O3/c1-25(2)12-19-21(20(31)13-25)22(14-5-7-16(26)8-6-14)30-24(27-19)28-23(29-30)15-9-17(32-3)11-18(10-15)33-4/h5-11,22H,12-13H2,1-4H3,(H,27,28,29). The minimum absolute atomic E-state index is 0.124. The van der Waals surface area contributed by atoms with E-state index in [0.717, 1.165) is 28.8 Å². The third-order valence-corrected chi connectivity index (χ3v) is 6.38. The summed E-state index contributed by atoms with van der Waals surface area (Å²) in [7, 11) is 3.21. The molecule has 0 amide bonds. The molecule has 2 aliphatic rings. The number of anilines is 1. The highest BCUT2D eigenvalue weighted by molar-refractivity contribution is 6.30. The van der Waals surface area contributed by atoms with E-state index >= 15 is 0 Å². The summed E-state index contributed by atoms with van der Waals surface area (Å²) in [6, 6.07) is 12.7. The van der Waals surface area contributed by atoms with Crippen LogP contribution in [-0.4, -0.2) is 34.8 Å². The molecular formula is C25H25ClN4O3. The van der Waals surface area contributed by atoms with E-state index < -0.39 is 0 Å². The maximum atomic E-state index is 13.3. The molecule has 1 aromatic heterocycles. The highest BCUT2D eigenvalue weighted by Gasteiger charge is 2.41. The zero-order chi connectivity index (χ0) is 23.3. The van der Waals surface area contributed by atoms with Crippen molar-refractivity contribution >= 4 is 23.3 Å². The molecule has 0 saturated carbocycles. The molecule has 0 radical (unpaired) electrons. The second-order valence-corrected chi connectivity index (χ2v) is 9.65. The van der Waals surface area contributed by atoms with E-state index in [9.17, 15) is 4.79 Å². The number of methoxy groups -OCH3 is 2. The maximum absolute atomic E-state index is 13.3. The van der Waals surface area contributed by atoms with Gasteiger partial charge in [-0.2, -0.15) is 4.98 Å². The first-order valence-electron chi connectivity index (χ1n) is 10.8. The Balaban J connectivity index is 1.67. The van der Waals surface area contributed by atoms with Crippen molar-refractivity contribution in [3.63, 3.8) is 0 Å². The third-order valence-electron chi connectivity index (χ3n) is 6.13. The number of aromatic nitrogens is 3. The number of hydrogen-bond donors (Lipinski definition) is 1. The van der Waals surface area contributed by atoms with Crippen LogP contribution in [-0.2, 0) is 4.79 Å². The number of ether oxygens (including phenoxy) is 2. The highest BCUT2D eigenvalue weighted by atomic mass is 35.5. The summed E-state index contributed by atoms with van der Waals surface area (Å²) in [5.74, 6) is 2.53. The smallest absolute Gasteiger partial charge is 0.226 e. The number of fused-ring (bicyclic) bond motifs is 1. The molecule has 1 N–H and O–H groups in total. The number of halogens is 1. The first-order valence-corrected chi connectivity index (χ1v) is 11.1. The lowest BCUT2D eigenvalue weighted by Gasteiger charge is -2.38. The van der Waals surface area contributed by atoms with Crippen molar-refractivity contribution in [2.45, 2.75) is 32.7 Å². The number of rotatable bonds is 4. The van der Waals surface area contributed by atoms with Crippen molar-refractivity contribution in [3.05, 3.63) is 64.3 Å². The second kappa shape index (κ2) is 7.92. The zero-order valence-corrected chi connectivity index (χ0v) is 19.7. The molecule has 0 saturated heterocycles. The van der Waals surface area contributed by atoms with Crippen LogP contribution in [0.5, 0.6) is 11.5 Å². The molecule has 2 heterocycles. The number of benzene rings is 2. The number of carbonyl (C=O) groups is 1. The highest BCUT2D eigenvalue weighted by Crippen LogP contribution is 2.46. The molecule has 1 aliphatic heterocycles. The van der Waals surface area contributed by atoms with Crippen LogP contribution in [0.15, 0.2) is 53.7 Å². The van der Waals surface area contributed by atoms with Gasteiger partial charge in [0.2, 0.25) is 5.95 Å². The summed E-state index contributed by atoms with van der Waals surface area (Å²) in [6.45, 7) is 4.22. The topological polar surface area (TPSA) is 78.3 Å². The van der Waals surface area contributed by atoms with E-state index in [2.05, 4.69) is 19.2 Å². The van der Waals surface area contributed by atoms with E-state index in [0.29, 0.717) is 34.7 Å². The number of nitrogens with one attached hydrogen (secondary N) is 1. The Kier molecular flexibility index (Phi) is 5.16. The molecule has 1 unspecified atom stereocenters. The van der Waals surface area contributed by atoms with Crippen LogP contribution in [0.3, 0.4) is 0 Å². The Labute approximate surface area is 197 Å². The van der Waals surface area contributed by atoms with Crippen LogP contribution in [0.25, 0.3) is 11.4 Å². The molecule has 7 nitrogen and oxygen atoms in total. The minimum atomic E-state index is -0.383. The van der Waals surface area contributed by atoms with Crippen molar-refractivity contribution in [1.82, 2.24) is 14.8 Å².